The van der Waals surface area contributed by atoms with Crippen LogP contribution in [0.3, 0.4) is 0 Å². The van der Waals surface area contributed by atoms with Crippen molar-refractivity contribution in [2.24, 2.45) is 0 Å². The van der Waals surface area contributed by atoms with Crippen LogP contribution in [-0.2, 0) is 0 Å². The molecule has 0 saturated heterocycles. The van der Waals surface area contributed by atoms with Gasteiger partial charge in [0, 0.05) is 23.9 Å². The molecular formula is C19H21N3O2. The molecule has 124 valence electrons. The molecular weight excluding hydrogens is 302 g/mol. The monoisotopic (exact) mass is 323 g/mol. The van der Waals surface area contributed by atoms with Crippen LogP contribution >= 0.6 is 0 Å². The van der Waals surface area contributed by atoms with Crippen LogP contribution in [0, 0.1) is 19.3 Å². The fraction of sp³-hybridized carbons (Fsp3) is 0.263. The Balaban J connectivity index is 1.96. The van der Waals surface area contributed by atoms with Gasteiger partial charge in [-0.05, 0) is 44.0 Å². The number of aromatic nitrogens is 1. The average molecular weight is 323 g/mol. The number of nitrogens with two attached hydrogens (primary N) is 1. The number of terminal acetylenes is 1. The third-order valence-electron chi connectivity index (χ3n) is 3.38. The first kappa shape index (κ1) is 17.4. The molecule has 0 aliphatic carbocycles. The van der Waals surface area contributed by atoms with Crippen LogP contribution in [0.15, 0.2) is 36.4 Å². The number of carbonyl (C=O) groups is 1. The van der Waals surface area contributed by atoms with Crippen LogP contribution in [-0.4, -0.2) is 17.5 Å². The normalized spacial score (nSPS) is 10.0. The van der Waals surface area contributed by atoms with E-state index in [0.717, 1.165) is 25.0 Å². The summed E-state index contributed by atoms with van der Waals surface area (Å²) in [4.78, 5) is 16.4. The first-order valence-electron chi connectivity index (χ1n) is 7.81. The van der Waals surface area contributed by atoms with Gasteiger partial charge in [-0.25, -0.2) is 4.98 Å². The number of unbranched alkanes of at least 4 members (excludes halogenated alkanes) is 2. The third-order valence-corrected chi connectivity index (χ3v) is 3.38. The second-order valence-corrected chi connectivity index (χ2v) is 5.38. The van der Waals surface area contributed by atoms with Crippen molar-refractivity contribution in [1.29, 1.82) is 0 Å². The summed E-state index contributed by atoms with van der Waals surface area (Å²) in [5, 5.41) is 2.80. The summed E-state index contributed by atoms with van der Waals surface area (Å²) in [7, 11) is 0. The average Bonchev–Trinajstić information content (AvgIpc) is 2.55. The second kappa shape index (κ2) is 8.59. The van der Waals surface area contributed by atoms with Gasteiger partial charge in [0.05, 0.1) is 12.2 Å². The number of carbonyl (C=O) groups excluding carboxylic acids is 1. The van der Waals surface area contributed by atoms with Crippen molar-refractivity contribution in [3.63, 3.8) is 0 Å². The molecule has 0 unspecified atom stereocenters. The predicted molar refractivity (Wildman–Crippen MR) is 96.0 cm³/mol. The highest BCUT2D eigenvalue weighted by molar-refractivity contribution is 6.07. The quantitative estimate of drug-likeness (QED) is 0.605. The number of nitrogen functional groups attached to an aromatic ring is 1. The van der Waals surface area contributed by atoms with E-state index in [2.05, 4.69) is 16.2 Å². The highest BCUT2D eigenvalue weighted by atomic mass is 16.5. The molecule has 0 fully saturated rings. The van der Waals surface area contributed by atoms with E-state index in [4.69, 9.17) is 16.9 Å². The third kappa shape index (κ3) is 5.03. The Morgan fingerprint density at radius 3 is 2.92 bits per heavy atom. The standard InChI is InChI=1S/C19H21N3O2/c1-3-4-5-6-12-24-16-9-7-8-15(13-16)22-19(23)17-11-10-14(2)21-18(17)20/h1,7-11,13H,4-6,12H2,2H3,(H2,20,21)(H,22,23). The molecule has 1 amide bonds. The van der Waals surface area contributed by atoms with Crippen molar-refractivity contribution in [3.05, 3.63) is 47.7 Å². The van der Waals surface area contributed by atoms with E-state index in [-0.39, 0.29) is 11.7 Å². The first-order chi connectivity index (χ1) is 11.6. The highest BCUT2D eigenvalue weighted by Crippen LogP contribution is 2.19. The number of pyridine rings is 1. The Hall–Kier alpha value is -3.00. The maximum absolute atomic E-state index is 12.3. The number of ether oxygens (including phenoxy) is 1. The van der Waals surface area contributed by atoms with Gasteiger partial charge < -0.3 is 15.8 Å². The summed E-state index contributed by atoms with van der Waals surface area (Å²) in [6.07, 6.45) is 7.80. The Labute approximate surface area is 142 Å². The van der Waals surface area contributed by atoms with E-state index in [1.165, 1.54) is 0 Å². The van der Waals surface area contributed by atoms with Crippen LogP contribution in [0.1, 0.15) is 35.3 Å². The molecule has 1 aromatic carbocycles. The van der Waals surface area contributed by atoms with Crippen molar-refractivity contribution in [2.45, 2.75) is 26.2 Å². The minimum atomic E-state index is -0.300. The summed E-state index contributed by atoms with van der Waals surface area (Å²) in [5.41, 5.74) is 7.56. The molecule has 0 aliphatic rings. The lowest BCUT2D eigenvalue weighted by Gasteiger charge is -2.10. The van der Waals surface area contributed by atoms with E-state index in [1.807, 2.05) is 19.1 Å². The second-order valence-electron chi connectivity index (χ2n) is 5.38. The van der Waals surface area contributed by atoms with Crippen molar-refractivity contribution in [3.8, 4) is 18.1 Å². The minimum absolute atomic E-state index is 0.216. The Morgan fingerprint density at radius 2 is 2.17 bits per heavy atom. The lowest BCUT2D eigenvalue weighted by atomic mass is 10.2. The Morgan fingerprint density at radius 1 is 1.33 bits per heavy atom. The SMILES string of the molecule is C#CCCCCOc1cccc(NC(=O)c2ccc(C)nc2N)c1. The summed E-state index contributed by atoms with van der Waals surface area (Å²) in [5.74, 6) is 3.22. The van der Waals surface area contributed by atoms with Crippen LogP contribution in [0.2, 0.25) is 0 Å². The number of amides is 1. The first-order valence-corrected chi connectivity index (χ1v) is 7.81. The van der Waals surface area contributed by atoms with E-state index in [1.54, 1.807) is 24.3 Å². The van der Waals surface area contributed by atoms with Crippen molar-refractivity contribution in [1.82, 2.24) is 4.98 Å². The number of nitrogens with one attached hydrogen (secondary N) is 1. The van der Waals surface area contributed by atoms with Gasteiger partial charge in [0.25, 0.3) is 5.91 Å². The molecule has 3 N–H and O–H groups in total. The summed E-state index contributed by atoms with van der Waals surface area (Å²) < 4.78 is 5.66. The van der Waals surface area contributed by atoms with Crippen molar-refractivity contribution in [2.75, 3.05) is 17.7 Å². The molecule has 1 heterocycles. The molecule has 0 radical (unpaired) electrons. The topological polar surface area (TPSA) is 77.2 Å². The minimum Gasteiger partial charge on any atom is -0.494 e. The molecule has 24 heavy (non-hydrogen) atoms. The molecule has 2 aromatic rings. The zero-order valence-corrected chi connectivity index (χ0v) is 13.7. The number of anilines is 2. The number of hydrogen-bond donors (Lipinski definition) is 2. The molecule has 1 aromatic heterocycles. The lowest BCUT2D eigenvalue weighted by molar-refractivity contribution is 0.102. The van der Waals surface area contributed by atoms with Gasteiger partial charge in [-0.3, -0.25) is 4.79 Å². The van der Waals surface area contributed by atoms with E-state index in [9.17, 15) is 4.79 Å². The Kier molecular flexibility index (Phi) is 6.21. The smallest absolute Gasteiger partial charge is 0.259 e. The fourth-order valence-corrected chi connectivity index (χ4v) is 2.15. The number of nitrogens with zero attached hydrogens (tertiary/aromatic N) is 1. The lowest BCUT2D eigenvalue weighted by Crippen LogP contribution is -2.15. The van der Waals surface area contributed by atoms with Crippen molar-refractivity contribution >= 4 is 17.4 Å². The maximum Gasteiger partial charge on any atom is 0.259 e. The number of benzene rings is 1. The van der Waals surface area contributed by atoms with Gasteiger partial charge >= 0.3 is 0 Å². The zero-order chi connectivity index (χ0) is 17.4. The summed E-state index contributed by atoms with van der Waals surface area (Å²) in [6, 6.07) is 10.7. The fourth-order valence-electron chi connectivity index (χ4n) is 2.15. The van der Waals surface area contributed by atoms with Crippen molar-refractivity contribution < 1.29 is 9.53 Å². The van der Waals surface area contributed by atoms with Crippen LogP contribution in [0.25, 0.3) is 0 Å². The van der Waals surface area contributed by atoms with Gasteiger partial charge in [-0.15, -0.1) is 12.3 Å². The van der Waals surface area contributed by atoms with Gasteiger partial charge in [0.1, 0.15) is 11.6 Å². The molecule has 0 atom stereocenters. The zero-order valence-electron chi connectivity index (χ0n) is 13.7. The Bertz CT molecular complexity index is 751. The van der Waals surface area contributed by atoms with Crippen LogP contribution in [0.4, 0.5) is 11.5 Å². The molecule has 0 bridgehead atoms. The van der Waals surface area contributed by atoms with E-state index < -0.39 is 0 Å². The van der Waals surface area contributed by atoms with Gasteiger partial charge in [0.15, 0.2) is 0 Å². The maximum atomic E-state index is 12.3. The number of rotatable bonds is 7. The molecule has 5 heteroatoms. The summed E-state index contributed by atoms with van der Waals surface area (Å²) in [6.45, 7) is 2.41. The predicted octanol–water partition coefficient (Wildman–Crippen LogP) is 3.41. The molecule has 2 rings (SSSR count). The van der Waals surface area contributed by atoms with Gasteiger partial charge in [-0.2, -0.15) is 0 Å². The van der Waals surface area contributed by atoms with Crippen LogP contribution in [0.5, 0.6) is 5.75 Å². The van der Waals surface area contributed by atoms with E-state index >= 15 is 0 Å². The molecule has 0 spiro atoms. The number of hydrogen-bond acceptors (Lipinski definition) is 4. The molecule has 0 saturated carbocycles. The van der Waals surface area contributed by atoms with Crippen LogP contribution < -0.4 is 15.8 Å². The largest absolute Gasteiger partial charge is 0.494 e. The number of aryl methyl sites for hydroxylation is 1. The summed E-state index contributed by atoms with van der Waals surface area (Å²) >= 11 is 0. The van der Waals surface area contributed by atoms with E-state index in [0.29, 0.717) is 23.6 Å². The molecule has 5 nitrogen and oxygen atoms in total. The van der Waals surface area contributed by atoms with Gasteiger partial charge in [0.2, 0.25) is 0 Å². The molecule has 0 aliphatic heterocycles. The van der Waals surface area contributed by atoms with Gasteiger partial charge in [-0.1, -0.05) is 6.07 Å². The highest BCUT2D eigenvalue weighted by Gasteiger charge is 2.11.